The summed E-state index contributed by atoms with van der Waals surface area (Å²) in [6.07, 6.45) is 3.54. The molecular weight excluding hydrogens is 621 g/mol. The number of aromatic hydroxyl groups is 1. The molecule has 1 atom stereocenters. The fourth-order valence-electron chi connectivity index (χ4n) is 5.75. The first kappa shape index (κ1) is 34.3. The monoisotopic (exact) mass is 662 g/mol. The predicted octanol–water partition coefficient (Wildman–Crippen LogP) is 6.61. The summed E-state index contributed by atoms with van der Waals surface area (Å²) in [6, 6.07) is 17.2. The average molecular weight is 663 g/mol. The van der Waals surface area contributed by atoms with Crippen LogP contribution >= 0.6 is 0 Å². The summed E-state index contributed by atoms with van der Waals surface area (Å²) in [5, 5.41) is 12.9. The number of imide groups is 1. The van der Waals surface area contributed by atoms with E-state index in [1.54, 1.807) is 36.9 Å². The molecule has 1 aliphatic heterocycles. The van der Waals surface area contributed by atoms with Crippen molar-refractivity contribution in [3.8, 4) is 46.6 Å². The number of pyridine rings is 1. The number of hydrogen-bond donors (Lipinski definition) is 1. The van der Waals surface area contributed by atoms with Crippen molar-refractivity contribution in [1.29, 1.82) is 0 Å². The van der Waals surface area contributed by atoms with Crippen molar-refractivity contribution in [1.82, 2.24) is 19.4 Å². The number of fused-ring (bicyclic) bond motifs is 1. The predicted molar refractivity (Wildman–Crippen MR) is 190 cm³/mol. The van der Waals surface area contributed by atoms with Crippen molar-refractivity contribution in [3.05, 3.63) is 78.1 Å². The molecule has 5 rings (SSSR count). The second kappa shape index (κ2) is 14.4. The van der Waals surface area contributed by atoms with Gasteiger partial charge in [-0.2, -0.15) is 0 Å². The van der Waals surface area contributed by atoms with E-state index in [9.17, 15) is 14.7 Å². The lowest BCUT2D eigenvalue weighted by molar-refractivity contribution is -0.137. The zero-order valence-electron chi connectivity index (χ0n) is 28.5. The largest absolute Gasteiger partial charge is 0.494 e. The van der Waals surface area contributed by atoms with Gasteiger partial charge in [0.05, 0.1) is 18.8 Å². The minimum absolute atomic E-state index is 0.00562. The summed E-state index contributed by atoms with van der Waals surface area (Å²) < 4.78 is 13.3. The molecule has 4 aromatic rings. The van der Waals surface area contributed by atoms with Crippen molar-refractivity contribution in [2.45, 2.75) is 58.5 Å². The number of benzene rings is 2. The molecule has 0 bridgehead atoms. The molecule has 9 nitrogen and oxygen atoms in total. The van der Waals surface area contributed by atoms with Crippen LogP contribution in [0.4, 0.5) is 4.79 Å². The third-order valence-corrected chi connectivity index (χ3v) is 10.1. The molecule has 2 aromatic carbocycles. The van der Waals surface area contributed by atoms with E-state index in [1.165, 1.54) is 9.80 Å². The Morgan fingerprint density at radius 3 is 2.42 bits per heavy atom. The van der Waals surface area contributed by atoms with Crippen LogP contribution in [0.2, 0.25) is 25.7 Å². The number of urea groups is 1. The molecule has 0 aliphatic carbocycles. The number of carbonyl (C=O) groups is 2. The fourth-order valence-corrected chi connectivity index (χ4v) is 6.51. The number of amides is 3. The smallest absolute Gasteiger partial charge is 0.330 e. The van der Waals surface area contributed by atoms with E-state index in [4.69, 9.17) is 9.47 Å². The lowest BCUT2D eigenvalue weighted by Crippen LogP contribution is -2.50. The SMILES string of the molecule is CC#CCOc1ccc2cn(C[C@]3(c4ccc(-c5cc(C)ccn5)cc4)C(=O)N(COCC[Si](C)(C)C)C(=O)N3CC#CC)c(O)c2c1. The lowest BCUT2D eigenvalue weighted by Gasteiger charge is -2.35. The van der Waals surface area contributed by atoms with Crippen LogP contribution in [-0.2, 0) is 21.6 Å². The average Bonchev–Trinajstić information content (AvgIpc) is 3.47. The van der Waals surface area contributed by atoms with Crippen molar-refractivity contribution in [2.24, 2.45) is 0 Å². The fraction of sp³-hybridized carbons (Fsp3) is 0.342. The first-order valence-electron chi connectivity index (χ1n) is 16.0. The van der Waals surface area contributed by atoms with E-state index < -0.39 is 25.6 Å². The molecule has 1 saturated heterocycles. The Morgan fingerprint density at radius 2 is 1.73 bits per heavy atom. The van der Waals surface area contributed by atoms with E-state index in [2.05, 4.69) is 48.3 Å². The van der Waals surface area contributed by atoms with Gasteiger partial charge in [0.25, 0.3) is 5.91 Å². The van der Waals surface area contributed by atoms with Crippen molar-refractivity contribution < 1.29 is 24.2 Å². The van der Waals surface area contributed by atoms with E-state index >= 15 is 0 Å². The van der Waals surface area contributed by atoms with Gasteiger partial charge in [0, 0.05) is 43.4 Å². The highest BCUT2D eigenvalue weighted by Crippen LogP contribution is 2.42. The van der Waals surface area contributed by atoms with Crippen LogP contribution in [0.3, 0.4) is 0 Å². The molecule has 0 saturated carbocycles. The lowest BCUT2D eigenvalue weighted by atomic mass is 9.86. The normalized spacial score (nSPS) is 16.1. The second-order valence-electron chi connectivity index (χ2n) is 13.1. The number of nitrogens with zero attached hydrogens (tertiary/aromatic N) is 4. The number of rotatable bonds is 12. The van der Waals surface area contributed by atoms with Crippen molar-refractivity contribution >= 4 is 30.8 Å². The molecule has 1 N–H and O–H groups in total. The minimum atomic E-state index is -1.54. The quantitative estimate of drug-likeness (QED) is 0.0794. The Hall–Kier alpha value is -5.03. The highest BCUT2D eigenvalue weighted by molar-refractivity contribution is 6.76. The first-order chi connectivity index (χ1) is 23.0. The molecule has 0 radical (unpaired) electrons. The van der Waals surface area contributed by atoms with E-state index in [1.807, 2.05) is 55.5 Å². The number of carbonyl (C=O) groups excluding carboxylic acids is 2. The summed E-state index contributed by atoms with van der Waals surface area (Å²) in [5.41, 5.74) is 1.79. The van der Waals surface area contributed by atoms with Gasteiger partial charge in [-0.15, -0.1) is 11.8 Å². The van der Waals surface area contributed by atoms with Crippen LogP contribution in [0, 0.1) is 30.6 Å². The van der Waals surface area contributed by atoms with Gasteiger partial charge >= 0.3 is 6.03 Å². The van der Waals surface area contributed by atoms with Crippen LogP contribution in [0.5, 0.6) is 11.6 Å². The second-order valence-corrected chi connectivity index (χ2v) is 18.7. The molecule has 1 fully saturated rings. The Bertz CT molecular complexity index is 1940. The minimum Gasteiger partial charge on any atom is -0.494 e. The van der Waals surface area contributed by atoms with Crippen molar-refractivity contribution in [2.75, 3.05) is 26.5 Å². The molecule has 0 unspecified atom stereocenters. The molecule has 3 amide bonds. The maximum Gasteiger partial charge on any atom is 0.330 e. The van der Waals surface area contributed by atoms with Gasteiger partial charge in [0.15, 0.2) is 11.4 Å². The highest BCUT2D eigenvalue weighted by Gasteiger charge is 2.58. The summed E-state index contributed by atoms with van der Waals surface area (Å²) in [6.45, 7) is 12.6. The molecular formula is C38H42N4O5Si. The first-order valence-corrected chi connectivity index (χ1v) is 19.7. The van der Waals surface area contributed by atoms with Gasteiger partial charge in [-0.3, -0.25) is 14.7 Å². The molecule has 248 valence electrons. The van der Waals surface area contributed by atoms with Crippen LogP contribution in [0.1, 0.15) is 25.0 Å². The third kappa shape index (κ3) is 7.11. The Labute approximate surface area is 283 Å². The number of hydrogen-bond acceptors (Lipinski definition) is 6. The standard InChI is InChI=1S/C38H42N4O5Si/c1-7-9-19-42-37(45)41(27-46-21-22-48(4,5)6)36(44)38(42,31-14-11-29(12-15-31)34-23-28(3)17-18-39-34)26-40-25-30-13-16-32(47-20-10-8-2)24-33(30)35(40)43/h11-18,23-25,43H,19-22,26-27H2,1-6H3/t38-/m0/s1. The summed E-state index contributed by atoms with van der Waals surface area (Å²) >= 11 is 0. The maximum absolute atomic E-state index is 14.7. The molecule has 1 aliphatic rings. The number of aryl methyl sites for hydroxylation is 1. The van der Waals surface area contributed by atoms with Gasteiger partial charge < -0.3 is 19.1 Å². The Kier molecular flexibility index (Phi) is 10.3. The molecule has 3 heterocycles. The summed E-state index contributed by atoms with van der Waals surface area (Å²) in [5.74, 6) is 11.6. The maximum atomic E-state index is 14.7. The number of aromatic nitrogens is 2. The van der Waals surface area contributed by atoms with Gasteiger partial charge in [-0.25, -0.2) is 9.69 Å². The van der Waals surface area contributed by atoms with E-state index in [0.29, 0.717) is 23.3 Å². The van der Waals surface area contributed by atoms with E-state index in [0.717, 1.165) is 28.3 Å². The van der Waals surface area contributed by atoms with Crippen LogP contribution in [0.25, 0.3) is 22.0 Å². The molecule has 10 heteroatoms. The van der Waals surface area contributed by atoms with Gasteiger partial charge in [0.2, 0.25) is 0 Å². The Morgan fingerprint density at radius 1 is 0.979 bits per heavy atom. The molecule has 48 heavy (non-hydrogen) atoms. The summed E-state index contributed by atoms with van der Waals surface area (Å²) in [4.78, 5) is 36.0. The van der Waals surface area contributed by atoms with Crippen LogP contribution in [-0.4, -0.2) is 71.0 Å². The van der Waals surface area contributed by atoms with Gasteiger partial charge in [-0.1, -0.05) is 55.7 Å². The Balaban J connectivity index is 1.60. The highest BCUT2D eigenvalue weighted by atomic mass is 28.3. The third-order valence-electron chi connectivity index (χ3n) is 8.45. The molecule has 2 aromatic heterocycles. The van der Waals surface area contributed by atoms with Crippen molar-refractivity contribution in [3.63, 3.8) is 0 Å². The van der Waals surface area contributed by atoms with Gasteiger partial charge in [-0.05, 0) is 68.3 Å². The number of ether oxygens (including phenoxy) is 2. The zero-order valence-corrected chi connectivity index (χ0v) is 29.5. The van der Waals surface area contributed by atoms with Crippen LogP contribution in [0.15, 0.2) is 67.0 Å². The van der Waals surface area contributed by atoms with E-state index in [-0.39, 0.29) is 32.3 Å². The summed E-state index contributed by atoms with van der Waals surface area (Å²) in [7, 11) is -1.40. The molecule has 0 spiro atoms. The van der Waals surface area contributed by atoms with Crippen LogP contribution < -0.4 is 4.74 Å². The zero-order chi connectivity index (χ0) is 34.5. The topological polar surface area (TPSA) is 97.1 Å². The van der Waals surface area contributed by atoms with Gasteiger partial charge in [0.1, 0.15) is 19.1 Å².